The zero-order valence-electron chi connectivity index (χ0n) is 26.4. The van der Waals surface area contributed by atoms with Crippen LogP contribution in [0, 0.1) is 0 Å². The Morgan fingerprint density at radius 3 is 1.38 bits per heavy atom. The van der Waals surface area contributed by atoms with E-state index in [1.165, 1.54) is 26.6 Å². The molecule has 0 fully saturated rings. The molecule has 0 bridgehead atoms. The maximum absolute atomic E-state index is 5.17. The van der Waals surface area contributed by atoms with Gasteiger partial charge in [0.15, 0.2) is 17.5 Å². The van der Waals surface area contributed by atoms with Crippen LogP contribution in [0.15, 0.2) is 168 Å². The van der Waals surface area contributed by atoms with Gasteiger partial charge in [-0.3, -0.25) is 0 Å². The fraction of sp³-hybridized carbons (Fsp3) is 0.0714. The average Bonchev–Trinajstić information content (AvgIpc) is 3.42. The molecule has 1 aliphatic rings. The molecular weight excluding hydrogens is 593 g/mol. The number of nitrogens with zero attached hydrogens (tertiary/aromatic N) is 4. The number of aromatic nitrogens is 3. The van der Waals surface area contributed by atoms with Crippen LogP contribution in [-0.2, 0) is 0 Å². The first kappa shape index (κ1) is 28.9. The largest absolute Gasteiger partial charge is 0.309 e. The van der Waals surface area contributed by atoms with Gasteiger partial charge in [0, 0.05) is 37.9 Å². The summed E-state index contributed by atoms with van der Waals surface area (Å²) in [7, 11) is -1.53. The van der Waals surface area contributed by atoms with Crippen LogP contribution in [0.4, 0.5) is 17.1 Å². The lowest BCUT2D eigenvalue weighted by molar-refractivity contribution is 1.07. The Labute approximate surface area is 277 Å². The summed E-state index contributed by atoms with van der Waals surface area (Å²) in [6, 6.07) is 55.2. The van der Waals surface area contributed by atoms with Gasteiger partial charge in [-0.15, -0.1) is 0 Å². The highest BCUT2D eigenvalue weighted by molar-refractivity contribution is 8.33. The van der Waals surface area contributed by atoms with Crippen LogP contribution in [0.3, 0.4) is 0 Å². The van der Waals surface area contributed by atoms with Crippen LogP contribution in [0.1, 0.15) is 6.92 Å². The van der Waals surface area contributed by atoms with Gasteiger partial charge >= 0.3 is 0 Å². The molecule has 47 heavy (non-hydrogen) atoms. The van der Waals surface area contributed by atoms with Crippen molar-refractivity contribution in [3.8, 4) is 45.3 Å². The van der Waals surface area contributed by atoms with Gasteiger partial charge in [0.1, 0.15) is 0 Å². The third-order valence-electron chi connectivity index (χ3n) is 8.99. The molecule has 1 aromatic heterocycles. The highest BCUT2D eigenvalue weighted by Gasteiger charge is 2.40. The van der Waals surface area contributed by atoms with Gasteiger partial charge in [-0.05, 0) is 53.5 Å². The summed E-state index contributed by atoms with van der Waals surface area (Å²) in [6.07, 6.45) is 2.47. The van der Waals surface area contributed by atoms with Gasteiger partial charge in [-0.2, -0.15) is 10.0 Å². The van der Waals surface area contributed by atoms with Crippen LogP contribution in [0.25, 0.3) is 45.3 Å². The van der Waals surface area contributed by atoms with E-state index in [-0.39, 0.29) is 0 Å². The first-order valence-corrected chi connectivity index (χ1v) is 18.2. The summed E-state index contributed by atoms with van der Waals surface area (Å²) in [5.74, 6) is 3.05. The van der Waals surface area contributed by atoms with Crippen molar-refractivity contribution in [3.63, 3.8) is 0 Å². The molecule has 1 atom stereocenters. The van der Waals surface area contributed by atoms with E-state index in [0.29, 0.717) is 17.5 Å². The standard InChI is InChI=1S/C42H34N4S/c1-3-47(2)38-34(35-27-17-29-37(39(35)47)46(32-22-12-6-13-23-32)33-24-14-7-15-25-33)26-16-28-36(38)42-44-40(30-18-8-4-9-19-30)43-41(45-42)31-20-10-5-11-21-31/h4-29H,3H2,1-2H3. The Morgan fingerprint density at radius 1 is 0.447 bits per heavy atom. The minimum atomic E-state index is -1.53. The quantitative estimate of drug-likeness (QED) is 0.177. The molecule has 0 amide bonds. The van der Waals surface area contributed by atoms with E-state index in [1.54, 1.807) is 0 Å². The van der Waals surface area contributed by atoms with E-state index in [9.17, 15) is 0 Å². The van der Waals surface area contributed by atoms with Crippen LogP contribution in [0.2, 0.25) is 0 Å². The van der Waals surface area contributed by atoms with Crippen LogP contribution in [-0.4, -0.2) is 27.0 Å². The van der Waals surface area contributed by atoms with Crippen molar-refractivity contribution in [2.75, 3.05) is 16.9 Å². The van der Waals surface area contributed by atoms with E-state index in [1.807, 2.05) is 36.4 Å². The van der Waals surface area contributed by atoms with Crippen molar-refractivity contribution in [1.82, 2.24) is 15.0 Å². The molecule has 1 unspecified atom stereocenters. The number of benzene rings is 6. The molecule has 4 nitrogen and oxygen atoms in total. The zero-order valence-corrected chi connectivity index (χ0v) is 27.2. The predicted molar refractivity (Wildman–Crippen MR) is 197 cm³/mol. The number of fused-ring (bicyclic) bond motifs is 3. The van der Waals surface area contributed by atoms with E-state index < -0.39 is 10.0 Å². The lowest BCUT2D eigenvalue weighted by Crippen LogP contribution is -2.13. The molecule has 228 valence electrons. The van der Waals surface area contributed by atoms with Crippen molar-refractivity contribution >= 4 is 27.1 Å². The van der Waals surface area contributed by atoms with Crippen molar-refractivity contribution in [2.24, 2.45) is 0 Å². The molecule has 0 saturated carbocycles. The fourth-order valence-electron chi connectivity index (χ4n) is 6.70. The Morgan fingerprint density at radius 2 is 0.872 bits per heavy atom. The Balaban J connectivity index is 1.36. The second-order valence-electron chi connectivity index (χ2n) is 11.8. The first-order chi connectivity index (χ1) is 23.2. The van der Waals surface area contributed by atoms with Crippen molar-refractivity contribution in [3.05, 3.63) is 158 Å². The second-order valence-corrected chi connectivity index (χ2v) is 15.3. The lowest BCUT2D eigenvalue weighted by Gasteiger charge is -2.38. The molecular formula is C42H34N4S. The molecule has 2 heterocycles. The summed E-state index contributed by atoms with van der Waals surface area (Å²) in [4.78, 5) is 20.5. The van der Waals surface area contributed by atoms with E-state index >= 15 is 0 Å². The summed E-state index contributed by atoms with van der Waals surface area (Å²) in [5, 5.41) is 0. The topological polar surface area (TPSA) is 41.9 Å². The molecule has 0 radical (unpaired) electrons. The maximum atomic E-state index is 5.17. The minimum absolute atomic E-state index is 0.677. The van der Waals surface area contributed by atoms with E-state index in [4.69, 9.17) is 15.0 Å². The van der Waals surface area contributed by atoms with E-state index in [0.717, 1.165) is 33.8 Å². The summed E-state index contributed by atoms with van der Waals surface area (Å²) in [6.45, 7) is 2.33. The van der Waals surface area contributed by atoms with Gasteiger partial charge in [0.05, 0.1) is 5.69 Å². The average molecular weight is 627 g/mol. The maximum Gasteiger partial charge on any atom is 0.165 e. The SMILES string of the molecule is CCS1(C)c2c(-c3nc(-c4ccccc4)nc(-c4ccccc4)n3)cccc2-c2cccc(N(c3ccccc3)c3ccccc3)c21. The Hall–Kier alpha value is -5.52. The third kappa shape index (κ3) is 5.00. The highest BCUT2D eigenvalue weighted by atomic mass is 32.3. The minimum Gasteiger partial charge on any atom is -0.309 e. The molecule has 6 aromatic carbocycles. The predicted octanol–water partition coefficient (Wildman–Crippen LogP) is 11.2. The monoisotopic (exact) mass is 626 g/mol. The van der Waals surface area contributed by atoms with Crippen LogP contribution >= 0.6 is 10.0 Å². The molecule has 0 spiro atoms. The number of anilines is 3. The van der Waals surface area contributed by atoms with Gasteiger partial charge in [0.2, 0.25) is 0 Å². The summed E-state index contributed by atoms with van der Waals surface area (Å²) >= 11 is 0. The van der Waals surface area contributed by atoms with Crippen LogP contribution in [0.5, 0.6) is 0 Å². The Bertz CT molecular complexity index is 2090. The number of hydrogen-bond donors (Lipinski definition) is 0. The molecule has 0 saturated heterocycles. The molecule has 0 aliphatic carbocycles. The molecule has 7 aromatic rings. The van der Waals surface area contributed by atoms with Gasteiger partial charge in [0.25, 0.3) is 0 Å². The smallest absolute Gasteiger partial charge is 0.165 e. The van der Waals surface area contributed by atoms with Gasteiger partial charge in [-0.25, -0.2) is 15.0 Å². The number of rotatable bonds is 7. The lowest BCUT2D eigenvalue weighted by atomic mass is 10.0. The van der Waals surface area contributed by atoms with Gasteiger partial charge in [-0.1, -0.05) is 134 Å². The van der Waals surface area contributed by atoms with Crippen molar-refractivity contribution in [2.45, 2.75) is 16.7 Å². The van der Waals surface area contributed by atoms with Crippen molar-refractivity contribution < 1.29 is 0 Å². The summed E-state index contributed by atoms with van der Waals surface area (Å²) < 4.78 is 0. The third-order valence-corrected chi connectivity index (χ3v) is 12.8. The molecule has 0 N–H and O–H groups in total. The second kappa shape index (κ2) is 12.0. The Kier molecular flexibility index (Phi) is 7.39. The number of hydrogen-bond acceptors (Lipinski definition) is 4. The molecule has 5 heteroatoms. The molecule has 8 rings (SSSR count). The number of para-hydroxylation sites is 2. The van der Waals surface area contributed by atoms with Crippen molar-refractivity contribution in [1.29, 1.82) is 0 Å². The summed E-state index contributed by atoms with van der Waals surface area (Å²) in [5.41, 5.74) is 9.06. The zero-order chi connectivity index (χ0) is 31.8. The first-order valence-electron chi connectivity index (χ1n) is 16.0. The fourth-order valence-corrected chi connectivity index (χ4v) is 10.1. The van der Waals surface area contributed by atoms with Gasteiger partial charge < -0.3 is 4.90 Å². The molecule has 1 aliphatic heterocycles. The normalized spacial score (nSPS) is 16.1. The van der Waals surface area contributed by atoms with Crippen LogP contribution < -0.4 is 4.90 Å². The van der Waals surface area contributed by atoms with E-state index in [2.05, 4.69) is 139 Å². The highest BCUT2D eigenvalue weighted by Crippen LogP contribution is 2.73.